The van der Waals surface area contributed by atoms with Crippen molar-refractivity contribution in [3.63, 3.8) is 0 Å². The van der Waals surface area contributed by atoms with Crippen molar-refractivity contribution < 1.29 is 14.7 Å². The number of hydrogen-bond acceptors (Lipinski definition) is 2. The van der Waals surface area contributed by atoms with Gasteiger partial charge in [0.25, 0.3) is 0 Å². The first-order valence-corrected chi connectivity index (χ1v) is 6.76. The summed E-state index contributed by atoms with van der Waals surface area (Å²) < 4.78 is 0. The lowest BCUT2D eigenvalue weighted by atomic mass is 9.86. The van der Waals surface area contributed by atoms with E-state index in [-0.39, 0.29) is 18.0 Å². The summed E-state index contributed by atoms with van der Waals surface area (Å²) in [6.07, 6.45) is 3.97. The normalized spacial score (nSPS) is 23.7. The zero-order valence-electron chi connectivity index (χ0n) is 11.2. The Labute approximate surface area is 108 Å². The molecule has 1 rings (SSSR count). The minimum atomic E-state index is -0.748. The van der Waals surface area contributed by atoms with E-state index in [2.05, 4.69) is 24.5 Å². The van der Waals surface area contributed by atoms with Crippen molar-refractivity contribution in [2.45, 2.75) is 52.0 Å². The van der Waals surface area contributed by atoms with Crippen molar-refractivity contribution in [2.75, 3.05) is 6.54 Å². The van der Waals surface area contributed by atoms with E-state index < -0.39 is 5.97 Å². The minimum absolute atomic E-state index is 0.00102. The zero-order valence-corrected chi connectivity index (χ0v) is 11.2. The molecule has 0 aromatic carbocycles. The summed E-state index contributed by atoms with van der Waals surface area (Å²) in [4.78, 5) is 22.5. The summed E-state index contributed by atoms with van der Waals surface area (Å²) in [5, 5.41) is 14.6. The smallest absolute Gasteiger partial charge is 0.315 e. The van der Waals surface area contributed by atoms with Crippen LogP contribution in [0.1, 0.15) is 46.0 Å². The van der Waals surface area contributed by atoms with Crippen molar-refractivity contribution in [2.24, 2.45) is 11.8 Å². The Bertz CT molecular complexity index is 292. The molecule has 0 aromatic rings. The fourth-order valence-corrected chi connectivity index (χ4v) is 2.26. The van der Waals surface area contributed by atoms with Crippen LogP contribution in [0.3, 0.4) is 0 Å². The van der Waals surface area contributed by atoms with Crippen molar-refractivity contribution in [1.82, 2.24) is 10.6 Å². The van der Waals surface area contributed by atoms with Gasteiger partial charge in [-0.1, -0.05) is 20.3 Å². The molecule has 1 fully saturated rings. The molecule has 0 aromatic heterocycles. The maximum absolute atomic E-state index is 11.6. The van der Waals surface area contributed by atoms with Crippen LogP contribution in [0, 0.1) is 11.8 Å². The molecule has 2 unspecified atom stereocenters. The van der Waals surface area contributed by atoms with Gasteiger partial charge in [0.05, 0.1) is 5.92 Å². The third-order valence-electron chi connectivity index (χ3n) is 3.37. The molecular formula is C13H24N2O3. The fraction of sp³-hybridized carbons (Fsp3) is 0.846. The van der Waals surface area contributed by atoms with Gasteiger partial charge in [0.1, 0.15) is 0 Å². The summed E-state index contributed by atoms with van der Waals surface area (Å²) >= 11 is 0. The highest BCUT2D eigenvalue weighted by Crippen LogP contribution is 2.24. The number of urea groups is 1. The maximum Gasteiger partial charge on any atom is 0.315 e. The molecular weight excluding hydrogens is 232 g/mol. The predicted octanol–water partition coefficient (Wildman–Crippen LogP) is 1.98. The molecule has 5 nitrogen and oxygen atoms in total. The van der Waals surface area contributed by atoms with E-state index in [9.17, 15) is 9.59 Å². The van der Waals surface area contributed by atoms with E-state index in [1.165, 1.54) is 0 Å². The molecule has 0 radical (unpaired) electrons. The highest BCUT2D eigenvalue weighted by atomic mass is 16.4. The SMILES string of the molecule is CC(C)CCNC(=O)NC1CCCC(C(=O)O)C1. The van der Waals surface area contributed by atoms with Crippen LogP contribution in [-0.4, -0.2) is 29.7 Å². The van der Waals surface area contributed by atoms with Crippen molar-refractivity contribution >= 4 is 12.0 Å². The molecule has 1 aliphatic carbocycles. The summed E-state index contributed by atoms with van der Waals surface area (Å²) in [7, 11) is 0. The van der Waals surface area contributed by atoms with Crippen LogP contribution < -0.4 is 10.6 Å². The largest absolute Gasteiger partial charge is 0.481 e. The number of carboxylic acid groups (broad SMARTS) is 1. The standard InChI is InChI=1S/C13H24N2O3/c1-9(2)6-7-14-13(18)15-11-5-3-4-10(8-11)12(16)17/h9-11H,3-8H2,1-2H3,(H,16,17)(H2,14,15,18). The minimum Gasteiger partial charge on any atom is -0.481 e. The first-order chi connectivity index (χ1) is 8.49. The van der Waals surface area contributed by atoms with Crippen molar-refractivity contribution in [3.05, 3.63) is 0 Å². The molecule has 18 heavy (non-hydrogen) atoms. The van der Waals surface area contributed by atoms with Gasteiger partial charge in [0.2, 0.25) is 0 Å². The van der Waals surface area contributed by atoms with Gasteiger partial charge in [-0.15, -0.1) is 0 Å². The van der Waals surface area contributed by atoms with Crippen LogP contribution in [-0.2, 0) is 4.79 Å². The van der Waals surface area contributed by atoms with Gasteiger partial charge in [-0.3, -0.25) is 4.79 Å². The zero-order chi connectivity index (χ0) is 13.5. The number of aliphatic carboxylic acids is 1. The van der Waals surface area contributed by atoms with Crippen LogP contribution in [0.5, 0.6) is 0 Å². The van der Waals surface area contributed by atoms with Crippen LogP contribution >= 0.6 is 0 Å². The summed E-state index contributed by atoms with van der Waals surface area (Å²) in [5.74, 6) is -0.488. The number of hydrogen-bond donors (Lipinski definition) is 3. The fourth-order valence-electron chi connectivity index (χ4n) is 2.26. The number of carbonyl (C=O) groups is 2. The lowest BCUT2D eigenvalue weighted by Gasteiger charge is -2.27. The highest BCUT2D eigenvalue weighted by molar-refractivity contribution is 5.74. The molecule has 0 spiro atoms. The van der Waals surface area contributed by atoms with E-state index >= 15 is 0 Å². The second-order valence-electron chi connectivity index (χ2n) is 5.48. The van der Waals surface area contributed by atoms with E-state index in [4.69, 9.17) is 5.11 Å². The monoisotopic (exact) mass is 256 g/mol. The first-order valence-electron chi connectivity index (χ1n) is 6.76. The molecule has 104 valence electrons. The second-order valence-corrected chi connectivity index (χ2v) is 5.48. The van der Waals surface area contributed by atoms with Crippen LogP contribution in [0.2, 0.25) is 0 Å². The second kappa shape index (κ2) is 7.24. The molecule has 3 N–H and O–H groups in total. The van der Waals surface area contributed by atoms with Gasteiger partial charge in [0.15, 0.2) is 0 Å². The van der Waals surface area contributed by atoms with E-state index in [0.717, 1.165) is 25.7 Å². The molecule has 2 atom stereocenters. The Balaban J connectivity index is 2.24. The Morgan fingerprint density at radius 1 is 1.33 bits per heavy atom. The van der Waals surface area contributed by atoms with Crippen molar-refractivity contribution in [1.29, 1.82) is 0 Å². The molecule has 1 aliphatic rings. The first kappa shape index (κ1) is 14.8. The number of amides is 2. The van der Waals surface area contributed by atoms with Gasteiger partial charge in [-0.25, -0.2) is 4.79 Å². The third-order valence-corrected chi connectivity index (χ3v) is 3.37. The van der Waals surface area contributed by atoms with E-state index in [1.54, 1.807) is 0 Å². The van der Waals surface area contributed by atoms with Gasteiger partial charge in [-0.05, 0) is 31.6 Å². The van der Waals surface area contributed by atoms with Gasteiger partial charge < -0.3 is 15.7 Å². The molecule has 2 amide bonds. The lowest BCUT2D eigenvalue weighted by Crippen LogP contribution is -2.45. The molecule has 0 bridgehead atoms. The van der Waals surface area contributed by atoms with Gasteiger partial charge >= 0.3 is 12.0 Å². The highest BCUT2D eigenvalue weighted by Gasteiger charge is 2.27. The predicted molar refractivity (Wildman–Crippen MR) is 69.4 cm³/mol. The Kier molecular flexibility index (Phi) is 5.95. The molecule has 0 heterocycles. The van der Waals surface area contributed by atoms with Crippen molar-refractivity contribution in [3.8, 4) is 0 Å². The van der Waals surface area contributed by atoms with E-state index in [0.29, 0.717) is 18.9 Å². The van der Waals surface area contributed by atoms with Crippen LogP contribution in [0.25, 0.3) is 0 Å². The Hall–Kier alpha value is -1.26. The van der Waals surface area contributed by atoms with Crippen LogP contribution in [0.4, 0.5) is 4.79 Å². The lowest BCUT2D eigenvalue weighted by molar-refractivity contribution is -0.143. The maximum atomic E-state index is 11.6. The Morgan fingerprint density at radius 2 is 2.06 bits per heavy atom. The summed E-state index contributed by atoms with van der Waals surface area (Å²) in [5.41, 5.74) is 0. The third kappa shape index (κ3) is 5.38. The number of carboxylic acids is 1. The molecule has 1 saturated carbocycles. The van der Waals surface area contributed by atoms with E-state index in [1.807, 2.05) is 0 Å². The van der Waals surface area contributed by atoms with Gasteiger partial charge in [0, 0.05) is 12.6 Å². The average Bonchev–Trinajstić information content (AvgIpc) is 2.28. The topological polar surface area (TPSA) is 78.4 Å². The van der Waals surface area contributed by atoms with Gasteiger partial charge in [-0.2, -0.15) is 0 Å². The molecule has 0 saturated heterocycles. The number of rotatable bonds is 5. The molecule has 5 heteroatoms. The number of nitrogens with one attached hydrogen (secondary N) is 2. The quantitative estimate of drug-likeness (QED) is 0.703. The number of carbonyl (C=O) groups excluding carboxylic acids is 1. The summed E-state index contributed by atoms with van der Waals surface area (Å²) in [6.45, 7) is 4.88. The van der Waals surface area contributed by atoms with Crippen LogP contribution in [0.15, 0.2) is 0 Å². The average molecular weight is 256 g/mol. The Morgan fingerprint density at radius 3 is 2.67 bits per heavy atom. The molecule has 0 aliphatic heterocycles. The summed E-state index contributed by atoms with van der Waals surface area (Å²) in [6, 6.07) is -0.175.